The third kappa shape index (κ3) is 7.39. The van der Waals surface area contributed by atoms with E-state index in [1.165, 1.54) is 88.3 Å². The summed E-state index contributed by atoms with van der Waals surface area (Å²) in [5.74, 6) is 4.37. The number of furan rings is 2. The molecule has 0 amide bonds. The summed E-state index contributed by atoms with van der Waals surface area (Å²) in [7, 11) is 10.6. The molecule has 2 aliphatic rings. The summed E-state index contributed by atoms with van der Waals surface area (Å²) >= 11 is -0.826. The van der Waals surface area contributed by atoms with E-state index in [0.29, 0.717) is 0 Å². The number of benzene rings is 6. The Balaban J connectivity index is 0.00000141. The van der Waals surface area contributed by atoms with Gasteiger partial charge in [0.1, 0.15) is 23.0 Å². The second kappa shape index (κ2) is 16.7. The Morgan fingerprint density at radius 3 is 1.31 bits per heavy atom. The van der Waals surface area contributed by atoms with Crippen molar-refractivity contribution in [3.8, 4) is 22.3 Å². The topological polar surface area (TPSA) is 26.3 Å². The van der Waals surface area contributed by atoms with Crippen molar-refractivity contribution in [1.82, 2.24) is 0 Å². The second-order valence-corrected chi connectivity index (χ2v) is 20.5. The summed E-state index contributed by atoms with van der Waals surface area (Å²) in [6.07, 6.45) is 4.86. The minimum atomic E-state index is -0.826. The molecular weight excluding hydrogens is 847 g/mol. The van der Waals surface area contributed by atoms with Crippen molar-refractivity contribution in [3.05, 3.63) is 190 Å². The van der Waals surface area contributed by atoms with Gasteiger partial charge in [-0.1, -0.05) is 97.1 Å². The van der Waals surface area contributed by atoms with Gasteiger partial charge in [-0.15, -0.1) is 0 Å². The molecule has 2 aromatic heterocycles. The fourth-order valence-corrected chi connectivity index (χ4v) is 10.8. The van der Waals surface area contributed by atoms with Crippen LogP contribution in [0.2, 0.25) is 12.1 Å². The molecule has 0 saturated carbocycles. The zero-order chi connectivity index (χ0) is 39.9. The van der Waals surface area contributed by atoms with Crippen molar-refractivity contribution in [2.45, 2.75) is 51.6 Å². The Bertz CT molecular complexity index is 2700. The molecule has 6 aromatic carbocycles. The van der Waals surface area contributed by atoms with E-state index in [1.807, 2.05) is 13.8 Å². The number of rotatable bonds is 8. The Morgan fingerprint density at radius 2 is 0.914 bits per heavy atom. The Labute approximate surface area is 362 Å². The van der Waals surface area contributed by atoms with E-state index in [2.05, 4.69) is 159 Å². The van der Waals surface area contributed by atoms with Gasteiger partial charge in [-0.2, -0.15) is 0 Å². The van der Waals surface area contributed by atoms with Gasteiger partial charge >= 0.3 is 37.9 Å². The van der Waals surface area contributed by atoms with Gasteiger partial charge in [0.05, 0.1) is 0 Å². The van der Waals surface area contributed by atoms with Crippen molar-refractivity contribution in [1.29, 1.82) is 0 Å². The molecule has 0 aliphatic heterocycles. The molecule has 2 heterocycles. The predicted molar refractivity (Wildman–Crippen MR) is 243 cm³/mol. The minimum absolute atomic E-state index is 0.254. The first-order valence-electron chi connectivity index (χ1n) is 19.8. The van der Waals surface area contributed by atoms with Crippen LogP contribution >= 0.6 is 17.0 Å². The molecule has 0 N–H and O–H groups in total. The molecule has 2 aliphatic carbocycles. The van der Waals surface area contributed by atoms with Gasteiger partial charge in [0.25, 0.3) is 0 Å². The molecule has 0 spiro atoms. The SMILES string of the molecule is Cc1ccc(C2=Cc3c(ccc(C)c3-c3ccc4ccccc4c3)C2C[Si]CC2C(c3ccc(C)o3)=Cc3c2ccc(C)c3-c2ccc3ccccc3c2)o1.[Cl][Zr][Cl]. The maximum absolute atomic E-state index is 6.37. The summed E-state index contributed by atoms with van der Waals surface area (Å²) in [4.78, 5) is 0. The zero-order valence-corrected chi connectivity index (χ0v) is 38.0. The molecule has 2 nitrogen and oxygen atoms in total. The Morgan fingerprint density at radius 1 is 0.500 bits per heavy atom. The maximum atomic E-state index is 6.37. The van der Waals surface area contributed by atoms with E-state index >= 15 is 0 Å². The summed E-state index contributed by atoms with van der Waals surface area (Å²) in [5.41, 5.74) is 15.9. The molecule has 2 atom stereocenters. The molecule has 6 heteroatoms. The van der Waals surface area contributed by atoms with Crippen LogP contribution in [-0.4, -0.2) is 9.52 Å². The molecule has 8 aromatic rings. The summed E-state index contributed by atoms with van der Waals surface area (Å²) in [5, 5.41) is 5.07. The van der Waals surface area contributed by atoms with E-state index in [9.17, 15) is 0 Å². The van der Waals surface area contributed by atoms with Crippen LogP contribution in [0.25, 0.3) is 67.1 Å². The standard InChI is InChI=1S/C52H42O2Si.2ClH.Zr/c1-31-13-21-41-45(51(31)39-19-17-35-9-5-7-11-37(35)25-39)27-43(49-23-15-33(3)53-49)47(41)29-55-30-48-42-22-14-32(2)52(40-20-18-36-10-6-8-12-38(36)26-40)46(42)28-44(48)50-24-16-34(4)54-50;;;/h5-28,47-48H,29-30H2,1-4H3;2*1H;/q;;;+2/p-2. The third-order valence-corrected chi connectivity index (χ3v) is 13.3. The van der Waals surface area contributed by atoms with Crippen molar-refractivity contribution in [3.63, 3.8) is 0 Å². The normalized spacial score (nSPS) is 15.5. The van der Waals surface area contributed by atoms with Gasteiger partial charge in [-0.3, -0.25) is 0 Å². The molecule has 58 heavy (non-hydrogen) atoms. The summed E-state index contributed by atoms with van der Waals surface area (Å²) in [6, 6.07) is 51.2. The molecule has 10 rings (SSSR count). The van der Waals surface area contributed by atoms with Crippen LogP contribution in [-0.2, 0) is 20.8 Å². The van der Waals surface area contributed by atoms with Crippen LogP contribution in [0.5, 0.6) is 0 Å². The first kappa shape index (κ1) is 39.0. The third-order valence-electron chi connectivity index (χ3n) is 11.9. The number of halogens is 2. The van der Waals surface area contributed by atoms with Crippen LogP contribution in [0.15, 0.2) is 142 Å². The molecule has 0 fully saturated rings. The van der Waals surface area contributed by atoms with E-state index in [-0.39, 0.29) is 11.8 Å². The molecule has 2 radical (unpaired) electrons. The van der Waals surface area contributed by atoms with Gasteiger partial charge < -0.3 is 8.83 Å². The van der Waals surface area contributed by atoms with Crippen molar-refractivity contribution >= 4 is 71.4 Å². The monoisotopic (exact) mass is 886 g/mol. The molecule has 284 valence electrons. The fraction of sp³-hybridized carbons (Fsp3) is 0.154. The number of allylic oxidation sites excluding steroid dienone is 2. The molecule has 0 bridgehead atoms. The Hall–Kier alpha value is -4.44. The van der Waals surface area contributed by atoms with Crippen LogP contribution < -0.4 is 0 Å². The fourth-order valence-electron chi connectivity index (χ4n) is 9.19. The van der Waals surface area contributed by atoms with E-state index < -0.39 is 20.8 Å². The van der Waals surface area contributed by atoms with E-state index in [1.54, 1.807) is 0 Å². The zero-order valence-electron chi connectivity index (χ0n) is 33.0. The average Bonchev–Trinajstić information content (AvgIpc) is 4.03. The van der Waals surface area contributed by atoms with Gasteiger partial charge in [-0.05, 0) is 166 Å². The van der Waals surface area contributed by atoms with E-state index in [0.717, 1.165) is 44.6 Å². The average molecular weight is 889 g/mol. The number of fused-ring (bicyclic) bond motifs is 4. The first-order chi connectivity index (χ1) is 28.3. The number of hydrogen-bond acceptors (Lipinski definition) is 2. The molecular formula is C52H42Cl2O2SiZr. The van der Waals surface area contributed by atoms with Crippen molar-refractivity contribution < 1.29 is 29.7 Å². The molecule has 0 saturated heterocycles. The van der Waals surface area contributed by atoms with Crippen molar-refractivity contribution in [2.75, 3.05) is 0 Å². The van der Waals surface area contributed by atoms with E-state index in [4.69, 9.17) is 25.9 Å². The van der Waals surface area contributed by atoms with Gasteiger partial charge in [0.15, 0.2) is 0 Å². The Kier molecular flexibility index (Phi) is 11.2. The van der Waals surface area contributed by atoms with Crippen LogP contribution in [0.3, 0.4) is 0 Å². The van der Waals surface area contributed by atoms with Gasteiger partial charge in [0.2, 0.25) is 0 Å². The van der Waals surface area contributed by atoms with Crippen molar-refractivity contribution in [2.24, 2.45) is 0 Å². The number of hydrogen-bond donors (Lipinski definition) is 0. The van der Waals surface area contributed by atoms with Gasteiger partial charge in [0, 0.05) is 32.5 Å². The second-order valence-electron chi connectivity index (χ2n) is 15.5. The van der Waals surface area contributed by atoms with Crippen LogP contribution in [0.4, 0.5) is 0 Å². The summed E-state index contributed by atoms with van der Waals surface area (Å²) < 4.78 is 12.7. The van der Waals surface area contributed by atoms with Gasteiger partial charge in [-0.25, -0.2) is 0 Å². The quantitative estimate of drug-likeness (QED) is 0.142. The molecule has 2 unspecified atom stereocenters. The van der Waals surface area contributed by atoms with Crippen LogP contribution in [0.1, 0.15) is 68.3 Å². The van der Waals surface area contributed by atoms with Crippen LogP contribution in [0, 0.1) is 27.7 Å². The summed E-state index contributed by atoms with van der Waals surface area (Å²) in [6.45, 7) is 8.59. The first-order valence-corrected chi connectivity index (χ1v) is 27.5. The number of aryl methyl sites for hydroxylation is 4. The predicted octanol–water partition coefficient (Wildman–Crippen LogP) is 15.6.